The zero-order chi connectivity index (χ0) is 8.91. The number of nitrogens with two attached hydrogens (primary N) is 1. The van der Waals surface area contributed by atoms with Crippen LogP contribution < -0.4 is 5.73 Å². The van der Waals surface area contributed by atoms with E-state index >= 15 is 0 Å². The van der Waals surface area contributed by atoms with Gasteiger partial charge in [-0.25, -0.2) is 0 Å². The molecule has 0 spiro atoms. The van der Waals surface area contributed by atoms with Crippen LogP contribution in [0.1, 0.15) is 13.3 Å². The molecule has 0 saturated carbocycles. The van der Waals surface area contributed by atoms with E-state index in [2.05, 4.69) is 6.58 Å². The Morgan fingerprint density at radius 2 is 2.00 bits per heavy atom. The summed E-state index contributed by atoms with van der Waals surface area (Å²) in [6.45, 7) is 5.67. The summed E-state index contributed by atoms with van der Waals surface area (Å²) in [6, 6.07) is 0. The zero-order valence-electron chi connectivity index (χ0n) is 7.46. The molecule has 11 heavy (non-hydrogen) atoms. The predicted molar refractivity (Wildman–Crippen MR) is 48.6 cm³/mol. The summed E-state index contributed by atoms with van der Waals surface area (Å²) in [5.74, 6) is 0. The van der Waals surface area contributed by atoms with Crippen molar-refractivity contribution in [1.82, 2.24) is 0 Å². The Balaban J connectivity index is 4.31. The molecule has 0 aromatic heterocycles. The largest absolute Gasteiger partial charge is 0.399 e. The van der Waals surface area contributed by atoms with E-state index in [1.54, 1.807) is 20.3 Å². The van der Waals surface area contributed by atoms with Crippen molar-refractivity contribution in [2.75, 3.05) is 14.2 Å². The first-order valence-corrected chi connectivity index (χ1v) is 5.14. The SMILES string of the molecule is C=CC(N)(CC)[SiH](OC)OC. The van der Waals surface area contributed by atoms with Crippen molar-refractivity contribution in [3.05, 3.63) is 12.7 Å². The Hall–Kier alpha value is -0.163. The molecule has 0 rings (SSSR count). The molecule has 0 bridgehead atoms. The third kappa shape index (κ3) is 2.41. The molecule has 0 aromatic carbocycles. The normalized spacial score (nSPS) is 16.5. The molecule has 0 heterocycles. The van der Waals surface area contributed by atoms with E-state index in [-0.39, 0.29) is 0 Å². The molecule has 0 radical (unpaired) electrons. The van der Waals surface area contributed by atoms with Crippen LogP contribution in [0.3, 0.4) is 0 Å². The number of hydrogen-bond acceptors (Lipinski definition) is 3. The first-order valence-electron chi connectivity index (χ1n) is 3.62. The summed E-state index contributed by atoms with van der Waals surface area (Å²) >= 11 is 0. The quantitative estimate of drug-likeness (QED) is 0.484. The van der Waals surface area contributed by atoms with Gasteiger partial charge in [-0.1, -0.05) is 13.0 Å². The van der Waals surface area contributed by atoms with Gasteiger partial charge < -0.3 is 14.6 Å². The lowest BCUT2D eigenvalue weighted by Crippen LogP contribution is -2.54. The van der Waals surface area contributed by atoms with Crippen molar-refractivity contribution in [3.8, 4) is 0 Å². The monoisotopic (exact) mass is 175 g/mol. The second-order valence-corrected chi connectivity index (χ2v) is 5.15. The second-order valence-electron chi connectivity index (χ2n) is 2.47. The minimum Gasteiger partial charge on any atom is -0.399 e. The molecule has 4 heteroatoms. The van der Waals surface area contributed by atoms with Crippen molar-refractivity contribution in [2.24, 2.45) is 5.73 Å². The van der Waals surface area contributed by atoms with E-state index < -0.39 is 14.4 Å². The molecule has 1 unspecified atom stereocenters. The molecule has 0 aliphatic rings. The van der Waals surface area contributed by atoms with Gasteiger partial charge in [0.1, 0.15) is 0 Å². The maximum atomic E-state index is 5.96. The summed E-state index contributed by atoms with van der Waals surface area (Å²) in [6.07, 6.45) is 2.52. The molecule has 66 valence electrons. The fourth-order valence-corrected chi connectivity index (χ4v) is 2.54. The van der Waals surface area contributed by atoms with Gasteiger partial charge in [0.05, 0.1) is 5.16 Å². The Bertz CT molecular complexity index is 128. The van der Waals surface area contributed by atoms with Gasteiger partial charge in [-0.15, -0.1) is 6.58 Å². The first kappa shape index (κ1) is 10.8. The van der Waals surface area contributed by atoms with Crippen molar-refractivity contribution in [2.45, 2.75) is 18.5 Å². The lowest BCUT2D eigenvalue weighted by atomic mass is 10.2. The van der Waals surface area contributed by atoms with Gasteiger partial charge in [0, 0.05) is 14.2 Å². The second kappa shape index (κ2) is 4.66. The molecule has 0 aliphatic heterocycles. The van der Waals surface area contributed by atoms with E-state index in [4.69, 9.17) is 14.6 Å². The minimum absolute atomic E-state index is 0.441. The Kier molecular flexibility index (Phi) is 4.59. The van der Waals surface area contributed by atoms with Gasteiger partial charge >= 0.3 is 9.28 Å². The lowest BCUT2D eigenvalue weighted by molar-refractivity contribution is 0.251. The van der Waals surface area contributed by atoms with Gasteiger partial charge in [-0.3, -0.25) is 0 Å². The topological polar surface area (TPSA) is 44.5 Å². The van der Waals surface area contributed by atoms with E-state index in [0.29, 0.717) is 0 Å². The molecule has 2 N–H and O–H groups in total. The molecule has 3 nitrogen and oxygen atoms in total. The smallest absolute Gasteiger partial charge is 0.345 e. The Morgan fingerprint density at radius 1 is 1.55 bits per heavy atom. The van der Waals surface area contributed by atoms with E-state index in [9.17, 15) is 0 Å². The van der Waals surface area contributed by atoms with Crippen molar-refractivity contribution < 1.29 is 8.85 Å². The predicted octanol–water partition coefficient (Wildman–Crippen LogP) is 0.332. The minimum atomic E-state index is -1.76. The van der Waals surface area contributed by atoms with Gasteiger partial charge in [-0.2, -0.15) is 0 Å². The van der Waals surface area contributed by atoms with Gasteiger partial charge in [0.25, 0.3) is 0 Å². The standard InChI is InChI=1S/C7H17NO2Si/c1-5-7(8,6-2)11(9-3)10-4/h5,11H,1,6,8H2,2-4H3. The Morgan fingerprint density at radius 3 is 2.09 bits per heavy atom. The molecule has 1 atom stereocenters. The lowest BCUT2D eigenvalue weighted by Gasteiger charge is -2.29. The fourth-order valence-electron chi connectivity index (χ4n) is 0.942. The molecular formula is C7H17NO2Si. The third-order valence-electron chi connectivity index (χ3n) is 1.86. The molecule has 0 aromatic rings. The van der Waals surface area contributed by atoms with E-state index in [1.165, 1.54) is 0 Å². The maximum absolute atomic E-state index is 5.96. The van der Waals surface area contributed by atoms with Crippen LogP contribution >= 0.6 is 0 Å². The maximum Gasteiger partial charge on any atom is 0.345 e. The van der Waals surface area contributed by atoms with Crippen LogP contribution in [0, 0.1) is 0 Å². The van der Waals surface area contributed by atoms with Crippen molar-refractivity contribution in [3.63, 3.8) is 0 Å². The summed E-state index contributed by atoms with van der Waals surface area (Å²) in [5, 5.41) is -0.441. The zero-order valence-corrected chi connectivity index (χ0v) is 8.62. The fraction of sp³-hybridized carbons (Fsp3) is 0.714. The van der Waals surface area contributed by atoms with Gasteiger partial charge in [0.15, 0.2) is 0 Å². The molecule has 0 amide bonds. The molecular weight excluding hydrogens is 158 g/mol. The van der Waals surface area contributed by atoms with Crippen LogP contribution in [0.15, 0.2) is 12.7 Å². The van der Waals surface area contributed by atoms with E-state index in [0.717, 1.165) is 6.42 Å². The number of rotatable bonds is 5. The van der Waals surface area contributed by atoms with Crippen molar-refractivity contribution >= 4 is 9.28 Å². The van der Waals surface area contributed by atoms with Crippen LogP contribution in [-0.2, 0) is 8.85 Å². The highest BCUT2D eigenvalue weighted by Crippen LogP contribution is 2.12. The summed E-state index contributed by atoms with van der Waals surface area (Å²) < 4.78 is 10.3. The van der Waals surface area contributed by atoms with Crippen molar-refractivity contribution in [1.29, 1.82) is 0 Å². The summed E-state index contributed by atoms with van der Waals surface area (Å²) in [7, 11) is 1.49. The Labute approximate surface area is 70.0 Å². The highest BCUT2D eigenvalue weighted by atomic mass is 28.3. The van der Waals surface area contributed by atoms with E-state index in [1.807, 2.05) is 6.92 Å². The van der Waals surface area contributed by atoms with Crippen LogP contribution in [0.25, 0.3) is 0 Å². The summed E-state index contributed by atoms with van der Waals surface area (Å²) in [4.78, 5) is 0. The highest BCUT2D eigenvalue weighted by Gasteiger charge is 2.33. The highest BCUT2D eigenvalue weighted by molar-refractivity contribution is 6.49. The third-order valence-corrected chi connectivity index (χ3v) is 4.24. The summed E-state index contributed by atoms with van der Waals surface area (Å²) in [5.41, 5.74) is 5.96. The molecule has 0 fully saturated rings. The van der Waals surface area contributed by atoms with Crippen LogP contribution in [0.5, 0.6) is 0 Å². The molecule has 0 aliphatic carbocycles. The van der Waals surface area contributed by atoms with Crippen LogP contribution in [0.4, 0.5) is 0 Å². The average Bonchev–Trinajstić information content (AvgIpc) is 2.06. The van der Waals surface area contributed by atoms with Gasteiger partial charge in [0.2, 0.25) is 0 Å². The molecule has 0 saturated heterocycles. The average molecular weight is 175 g/mol. The number of hydrogen-bond donors (Lipinski definition) is 1. The van der Waals surface area contributed by atoms with Gasteiger partial charge in [-0.05, 0) is 6.42 Å². The van der Waals surface area contributed by atoms with Crippen LogP contribution in [-0.4, -0.2) is 28.7 Å². The van der Waals surface area contributed by atoms with Crippen LogP contribution in [0.2, 0.25) is 0 Å². The first-order chi connectivity index (χ1) is 5.14.